The Bertz CT molecular complexity index is 686. The Labute approximate surface area is 108 Å². The van der Waals surface area contributed by atoms with Gasteiger partial charge in [0.25, 0.3) is 0 Å². The van der Waals surface area contributed by atoms with Crippen molar-refractivity contribution < 1.29 is 0 Å². The van der Waals surface area contributed by atoms with Crippen LogP contribution >= 0.6 is 15.9 Å². The molecule has 0 saturated heterocycles. The smallest absolute Gasteiger partial charge is 0.140 e. The fourth-order valence-electron chi connectivity index (χ4n) is 2.03. The second kappa shape index (κ2) is 4.00. The molecule has 3 rings (SSSR count). The first-order valence-electron chi connectivity index (χ1n) is 5.43. The molecule has 0 amide bonds. The van der Waals surface area contributed by atoms with Crippen LogP contribution in [0.1, 0.15) is 0 Å². The second-order valence-electron chi connectivity index (χ2n) is 3.99. The molecule has 0 aliphatic rings. The Morgan fingerprint density at radius 3 is 2.65 bits per heavy atom. The van der Waals surface area contributed by atoms with Gasteiger partial charge in [0.1, 0.15) is 5.82 Å². The van der Waals surface area contributed by atoms with Gasteiger partial charge in [-0.05, 0) is 24.3 Å². The largest absolute Gasteiger partial charge is 0.327 e. The summed E-state index contributed by atoms with van der Waals surface area (Å²) in [7, 11) is 2.05. The number of halogens is 1. The Hall–Kier alpha value is -1.61. The molecule has 1 aromatic heterocycles. The second-order valence-corrected chi connectivity index (χ2v) is 4.91. The molecule has 84 valence electrons. The van der Waals surface area contributed by atoms with Crippen LogP contribution in [-0.2, 0) is 7.05 Å². The van der Waals surface area contributed by atoms with Crippen LogP contribution in [0.5, 0.6) is 0 Å². The molecule has 17 heavy (non-hydrogen) atoms. The summed E-state index contributed by atoms with van der Waals surface area (Å²) < 4.78 is 3.19. The molecule has 0 spiro atoms. The number of rotatable bonds is 1. The van der Waals surface area contributed by atoms with Gasteiger partial charge in [0.05, 0.1) is 11.0 Å². The molecule has 2 nitrogen and oxygen atoms in total. The van der Waals surface area contributed by atoms with Gasteiger partial charge in [-0.25, -0.2) is 4.98 Å². The highest BCUT2D eigenvalue weighted by atomic mass is 79.9. The van der Waals surface area contributed by atoms with E-state index in [0.29, 0.717) is 0 Å². The summed E-state index contributed by atoms with van der Waals surface area (Å²) >= 11 is 3.49. The first-order chi connectivity index (χ1) is 8.25. The molecule has 0 aliphatic heterocycles. The summed E-state index contributed by atoms with van der Waals surface area (Å²) in [6, 6.07) is 16.4. The van der Waals surface area contributed by atoms with Gasteiger partial charge in [-0.2, -0.15) is 0 Å². The quantitative estimate of drug-likeness (QED) is 0.661. The van der Waals surface area contributed by atoms with E-state index in [1.54, 1.807) is 0 Å². The molecule has 0 radical (unpaired) electrons. The Morgan fingerprint density at radius 1 is 1.06 bits per heavy atom. The van der Waals surface area contributed by atoms with Crippen molar-refractivity contribution >= 4 is 27.0 Å². The van der Waals surface area contributed by atoms with Gasteiger partial charge >= 0.3 is 0 Å². The Kier molecular flexibility index (Phi) is 2.48. The third-order valence-corrected chi connectivity index (χ3v) is 3.36. The van der Waals surface area contributed by atoms with E-state index in [1.807, 2.05) is 37.4 Å². The summed E-state index contributed by atoms with van der Waals surface area (Å²) in [4.78, 5) is 4.67. The van der Waals surface area contributed by atoms with E-state index in [1.165, 1.54) is 0 Å². The lowest BCUT2D eigenvalue weighted by Gasteiger charge is -2.02. The minimum absolute atomic E-state index is 0.993. The zero-order valence-corrected chi connectivity index (χ0v) is 11.0. The minimum atomic E-state index is 0.993. The molecule has 0 atom stereocenters. The maximum Gasteiger partial charge on any atom is 0.140 e. The maximum absolute atomic E-state index is 4.67. The third kappa shape index (κ3) is 1.76. The number of imidazole rings is 1. The molecule has 3 aromatic rings. The van der Waals surface area contributed by atoms with E-state index in [2.05, 4.69) is 43.7 Å². The van der Waals surface area contributed by atoms with Gasteiger partial charge in [0, 0.05) is 17.1 Å². The number of hydrogen-bond acceptors (Lipinski definition) is 1. The van der Waals surface area contributed by atoms with Crippen LogP contribution in [-0.4, -0.2) is 9.55 Å². The molecule has 1 heterocycles. The highest BCUT2D eigenvalue weighted by Crippen LogP contribution is 2.25. The normalized spacial score (nSPS) is 10.9. The van der Waals surface area contributed by atoms with Crippen LogP contribution in [0.2, 0.25) is 0 Å². The zero-order valence-electron chi connectivity index (χ0n) is 9.39. The van der Waals surface area contributed by atoms with Crippen LogP contribution in [0.4, 0.5) is 0 Å². The summed E-state index contributed by atoms with van der Waals surface area (Å²) in [5.41, 5.74) is 3.31. The molecule has 0 unspecified atom stereocenters. The lowest BCUT2D eigenvalue weighted by Crippen LogP contribution is -1.92. The highest BCUT2D eigenvalue weighted by molar-refractivity contribution is 9.10. The van der Waals surface area contributed by atoms with Gasteiger partial charge in [-0.15, -0.1) is 0 Å². The maximum atomic E-state index is 4.67. The monoisotopic (exact) mass is 286 g/mol. The standard InChI is InChI=1S/C14H11BrN2/c1-17-13-8-3-2-7-12(13)16-14(17)10-5-4-6-11(15)9-10/h2-9H,1H3. The SMILES string of the molecule is Cn1c(-c2cccc(Br)c2)nc2ccccc21. The van der Waals surface area contributed by atoms with E-state index in [-0.39, 0.29) is 0 Å². The van der Waals surface area contributed by atoms with E-state index < -0.39 is 0 Å². The lowest BCUT2D eigenvalue weighted by atomic mass is 10.2. The molecule has 0 N–H and O–H groups in total. The number of nitrogens with zero attached hydrogens (tertiary/aromatic N) is 2. The highest BCUT2D eigenvalue weighted by Gasteiger charge is 2.08. The molecule has 3 heteroatoms. The van der Waals surface area contributed by atoms with E-state index in [9.17, 15) is 0 Å². The lowest BCUT2D eigenvalue weighted by molar-refractivity contribution is 0.959. The Balaban J connectivity index is 2.27. The summed E-state index contributed by atoms with van der Waals surface area (Å²) in [6.07, 6.45) is 0. The molecular formula is C14H11BrN2. The number of para-hydroxylation sites is 2. The molecule has 0 aliphatic carbocycles. The van der Waals surface area contributed by atoms with Crippen molar-refractivity contribution in [2.75, 3.05) is 0 Å². The number of aryl methyl sites for hydroxylation is 1. The first kappa shape index (κ1) is 10.5. The van der Waals surface area contributed by atoms with Crippen LogP contribution < -0.4 is 0 Å². The van der Waals surface area contributed by atoms with Crippen LogP contribution in [0.3, 0.4) is 0 Å². The van der Waals surface area contributed by atoms with Gasteiger partial charge < -0.3 is 4.57 Å². The average molecular weight is 287 g/mol. The van der Waals surface area contributed by atoms with Crippen LogP contribution in [0.15, 0.2) is 53.0 Å². The Morgan fingerprint density at radius 2 is 1.88 bits per heavy atom. The minimum Gasteiger partial charge on any atom is -0.327 e. The van der Waals surface area contributed by atoms with Crippen molar-refractivity contribution in [3.63, 3.8) is 0 Å². The molecular weight excluding hydrogens is 276 g/mol. The summed E-state index contributed by atoms with van der Waals surface area (Å²) in [5.74, 6) is 0.993. The zero-order chi connectivity index (χ0) is 11.8. The molecule has 0 saturated carbocycles. The number of hydrogen-bond donors (Lipinski definition) is 0. The molecule has 0 bridgehead atoms. The third-order valence-electron chi connectivity index (χ3n) is 2.87. The van der Waals surface area contributed by atoms with Crippen molar-refractivity contribution in [2.24, 2.45) is 7.05 Å². The predicted octanol–water partition coefficient (Wildman–Crippen LogP) is 4.00. The molecule has 0 fully saturated rings. The van der Waals surface area contributed by atoms with Crippen LogP contribution in [0.25, 0.3) is 22.4 Å². The fraction of sp³-hybridized carbons (Fsp3) is 0.0714. The van der Waals surface area contributed by atoms with Crippen molar-refractivity contribution in [1.29, 1.82) is 0 Å². The van der Waals surface area contributed by atoms with Gasteiger partial charge in [-0.1, -0.05) is 40.2 Å². The number of fused-ring (bicyclic) bond motifs is 1. The van der Waals surface area contributed by atoms with Crippen molar-refractivity contribution in [1.82, 2.24) is 9.55 Å². The van der Waals surface area contributed by atoms with E-state index in [4.69, 9.17) is 0 Å². The van der Waals surface area contributed by atoms with Crippen molar-refractivity contribution in [2.45, 2.75) is 0 Å². The van der Waals surface area contributed by atoms with Gasteiger partial charge in [-0.3, -0.25) is 0 Å². The fourth-order valence-corrected chi connectivity index (χ4v) is 2.43. The summed E-state index contributed by atoms with van der Waals surface area (Å²) in [6.45, 7) is 0. The number of aromatic nitrogens is 2. The predicted molar refractivity (Wildman–Crippen MR) is 73.9 cm³/mol. The van der Waals surface area contributed by atoms with Gasteiger partial charge in [0.2, 0.25) is 0 Å². The van der Waals surface area contributed by atoms with Crippen molar-refractivity contribution in [3.8, 4) is 11.4 Å². The first-order valence-corrected chi connectivity index (χ1v) is 6.22. The summed E-state index contributed by atoms with van der Waals surface area (Å²) in [5, 5.41) is 0. The van der Waals surface area contributed by atoms with Crippen molar-refractivity contribution in [3.05, 3.63) is 53.0 Å². The topological polar surface area (TPSA) is 17.8 Å². The van der Waals surface area contributed by atoms with Crippen LogP contribution in [0, 0.1) is 0 Å². The average Bonchev–Trinajstić information content (AvgIpc) is 2.68. The number of benzene rings is 2. The van der Waals surface area contributed by atoms with E-state index >= 15 is 0 Å². The molecule has 2 aromatic carbocycles. The van der Waals surface area contributed by atoms with Gasteiger partial charge in [0.15, 0.2) is 0 Å². The van der Waals surface area contributed by atoms with E-state index in [0.717, 1.165) is 26.9 Å².